The van der Waals surface area contributed by atoms with Gasteiger partial charge in [0.25, 0.3) is 0 Å². The molecule has 0 radical (unpaired) electrons. The molecule has 1 amide bonds. The molecule has 0 spiro atoms. The van der Waals surface area contributed by atoms with Crippen molar-refractivity contribution in [2.24, 2.45) is 0 Å². The summed E-state index contributed by atoms with van der Waals surface area (Å²) in [5.74, 6) is 1.31. The monoisotopic (exact) mass is 378 g/mol. The van der Waals surface area contributed by atoms with Crippen molar-refractivity contribution in [3.63, 3.8) is 0 Å². The van der Waals surface area contributed by atoms with Crippen molar-refractivity contribution >= 4 is 33.3 Å². The summed E-state index contributed by atoms with van der Waals surface area (Å²) in [5.41, 5.74) is 3.58. The minimum Gasteiger partial charge on any atom is -0.497 e. The molecule has 2 aromatic heterocycles. The number of hydrogen-bond donors (Lipinski definition) is 1. The number of nitrogens with zero attached hydrogens (tertiary/aromatic N) is 1. The first-order valence-electron chi connectivity index (χ1n) is 8.49. The molecule has 0 aliphatic heterocycles. The van der Waals surface area contributed by atoms with E-state index in [1.165, 1.54) is 16.9 Å². The highest BCUT2D eigenvalue weighted by atomic mass is 32.1. The normalized spacial score (nSPS) is 10.9. The van der Waals surface area contributed by atoms with Crippen LogP contribution >= 0.6 is 11.3 Å². The van der Waals surface area contributed by atoms with Crippen molar-refractivity contribution in [1.29, 1.82) is 0 Å². The van der Waals surface area contributed by atoms with Gasteiger partial charge in [-0.25, -0.2) is 4.98 Å². The zero-order chi connectivity index (χ0) is 18.8. The second-order valence-electron chi connectivity index (χ2n) is 6.26. The quantitative estimate of drug-likeness (QED) is 0.527. The molecule has 2 heterocycles. The van der Waals surface area contributed by atoms with E-state index in [0.717, 1.165) is 22.3 Å². The van der Waals surface area contributed by atoms with E-state index in [0.29, 0.717) is 23.0 Å². The van der Waals surface area contributed by atoms with Crippen LogP contribution in [0.15, 0.2) is 58.3 Å². The smallest absolute Gasteiger partial charge is 0.230 e. The van der Waals surface area contributed by atoms with E-state index in [9.17, 15) is 4.79 Å². The van der Waals surface area contributed by atoms with Crippen LogP contribution < -0.4 is 10.1 Å². The molecule has 0 atom stereocenters. The van der Waals surface area contributed by atoms with Crippen molar-refractivity contribution in [3.05, 3.63) is 65.0 Å². The van der Waals surface area contributed by atoms with Gasteiger partial charge < -0.3 is 14.5 Å². The molecule has 0 aliphatic carbocycles. The van der Waals surface area contributed by atoms with E-state index >= 15 is 0 Å². The largest absolute Gasteiger partial charge is 0.497 e. The standard InChI is InChI=1S/C21H18N2O3S/c1-13-3-5-14(6-4-13)9-20(24)23-21-22-17(12-27-21)19-10-15-7-8-16(25-2)11-18(15)26-19/h3-8,10-12H,9H2,1-2H3,(H,22,23,24). The number of aromatic nitrogens is 1. The molecule has 4 rings (SSSR count). The number of rotatable bonds is 5. The molecule has 2 aromatic carbocycles. The number of carbonyl (C=O) groups is 1. The SMILES string of the molecule is COc1ccc2cc(-c3csc(NC(=O)Cc4ccc(C)cc4)n3)oc2c1. The Bertz CT molecular complexity index is 1100. The van der Waals surface area contributed by atoms with Crippen LogP contribution in [0, 0.1) is 6.92 Å². The molecule has 0 aliphatic rings. The van der Waals surface area contributed by atoms with Crippen LogP contribution in [0.1, 0.15) is 11.1 Å². The minimum absolute atomic E-state index is 0.0888. The molecule has 1 N–H and O–H groups in total. The van der Waals surface area contributed by atoms with Gasteiger partial charge in [0.05, 0.1) is 13.5 Å². The molecular formula is C21H18N2O3S. The van der Waals surface area contributed by atoms with Gasteiger partial charge in [-0.2, -0.15) is 0 Å². The van der Waals surface area contributed by atoms with E-state index in [1.54, 1.807) is 7.11 Å². The van der Waals surface area contributed by atoms with Crippen LogP contribution in [-0.4, -0.2) is 18.0 Å². The van der Waals surface area contributed by atoms with Crippen LogP contribution in [0.25, 0.3) is 22.4 Å². The third kappa shape index (κ3) is 3.85. The van der Waals surface area contributed by atoms with Crippen LogP contribution in [0.4, 0.5) is 5.13 Å². The van der Waals surface area contributed by atoms with Gasteiger partial charge >= 0.3 is 0 Å². The summed E-state index contributed by atoms with van der Waals surface area (Å²) in [6, 6.07) is 15.5. The third-order valence-corrected chi connectivity index (χ3v) is 4.97. The summed E-state index contributed by atoms with van der Waals surface area (Å²) in [6.45, 7) is 2.02. The van der Waals surface area contributed by atoms with Crippen molar-refractivity contribution < 1.29 is 13.9 Å². The Labute approximate surface area is 160 Å². The Morgan fingerprint density at radius 1 is 1.19 bits per heavy atom. The van der Waals surface area contributed by atoms with Crippen molar-refractivity contribution in [2.75, 3.05) is 12.4 Å². The Hall–Kier alpha value is -3.12. The number of fused-ring (bicyclic) bond motifs is 1. The first-order chi connectivity index (χ1) is 13.1. The van der Waals surface area contributed by atoms with Gasteiger partial charge in [0.15, 0.2) is 10.9 Å². The summed E-state index contributed by atoms with van der Waals surface area (Å²) < 4.78 is 11.1. The maximum absolute atomic E-state index is 12.2. The van der Waals surface area contributed by atoms with E-state index < -0.39 is 0 Å². The summed E-state index contributed by atoms with van der Waals surface area (Å²) in [7, 11) is 1.62. The molecule has 27 heavy (non-hydrogen) atoms. The molecule has 0 unspecified atom stereocenters. The molecule has 5 nitrogen and oxygen atoms in total. The lowest BCUT2D eigenvalue weighted by Gasteiger charge is -2.02. The van der Waals surface area contributed by atoms with Crippen LogP contribution in [0.2, 0.25) is 0 Å². The first-order valence-corrected chi connectivity index (χ1v) is 9.37. The first kappa shape index (κ1) is 17.3. The molecule has 0 saturated carbocycles. The fourth-order valence-electron chi connectivity index (χ4n) is 2.76. The molecule has 4 aromatic rings. The van der Waals surface area contributed by atoms with Crippen LogP contribution in [0.5, 0.6) is 5.75 Å². The number of aryl methyl sites for hydroxylation is 1. The lowest BCUT2D eigenvalue weighted by molar-refractivity contribution is -0.115. The number of hydrogen-bond acceptors (Lipinski definition) is 5. The van der Waals surface area contributed by atoms with Crippen LogP contribution in [0.3, 0.4) is 0 Å². The number of benzene rings is 2. The highest BCUT2D eigenvalue weighted by Gasteiger charge is 2.13. The van der Waals surface area contributed by atoms with Gasteiger partial charge in [0.2, 0.25) is 5.91 Å². The fourth-order valence-corrected chi connectivity index (χ4v) is 3.48. The second kappa shape index (κ2) is 7.25. The maximum atomic E-state index is 12.2. The second-order valence-corrected chi connectivity index (χ2v) is 7.12. The lowest BCUT2D eigenvalue weighted by Crippen LogP contribution is -2.14. The van der Waals surface area contributed by atoms with E-state index in [1.807, 2.05) is 60.8 Å². The summed E-state index contributed by atoms with van der Waals surface area (Å²) in [4.78, 5) is 16.7. The number of carbonyl (C=O) groups excluding carboxylic acids is 1. The number of anilines is 1. The van der Waals surface area contributed by atoms with Gasteiger partial charge in [0, 0.05) is 16.8 Å². The molecule has 0 saturated heterocycles. The molecule has 0 fully saturated rings. The minimum atomic E-state index is -0.0888. The predicted molar refractivity (Wildman–Crippen MR) is 107 cm³/mol. The zero-order valence-electron chi connectivity index (χ0n) is 15.0. The zero-order valence-corrected chi connectivity index (χ0v) is 15.8. The number of nitrogens with one attached hydrogen (secondary N) is 1. The van der Waals surface area contributed by atoms with Crippen molar-refractivity contribution in [2.45, 2.75) is 13.3 Å². The van der Waals surface area contributed by atoms with Gasteiger partial charge in [-0.1, -0.05) is 29.8 Å². The summed E-state index contributed by atoms with van der Waals surface area (Å²) >= 11 is 1.38. The average molecular weight is 378 g/mol. The molecular weight excluding hydrogens is 360 g/mol. The topological polar surface area (TPSA) is 64.4 Å². The van der Waals surface area contributed by atoms with E-state index in [-0.39, 0.29) is 5.91 Å². The number of ether oxygens (including phenoxy) is 1. The average Bonchev–Trinajstić information content (AvgIpc) is 3.29. The molecule has 6 heteroatoms. The summed E-state index contributed by atoms with van der Waals surface area (Å²) in [6.07, 6.45) is 0.319. The Balaban J connectivity index is 1.48. The summed E-state index contributed by atoms with van der Waals surface area (Å²) in [5, 5.41) is 6.26. The number of furan rings is 1. The van der Waals surface area contributed by atoms with Crippen molar-refractivity contribution in [3.8, 4) is 17.2 Å². The Morgan fingerprint density at radius 3 is 2.78 bits per heavy atom. The maximum Gasteiger partial charge on any atom is 0.230 e. The molecule has 0 bridgehead atoms. The van der Waals surface area contributed by atoms with Gasteiger partial charge in [-0.05, 0) is 30.7 Å². The van der Waals surface area contributed by atoms with Gasteiger partial charge in [-0.15, -0.1) is 11.3 Å². The predicted octanol–water partition coefficient (Wildman–Crippen LogP) is 5.05. The number of thiazole rings is 1. The number of amides is 1. The number of methoxy groups -OCH3 is 1. The van der Waals surface area contributed by atoms with Crippen LogP contribution in [-0.2, 0) is 11.2 Å². The molecule has 136 valence electrons. The highest BCUT2D eigenvalue weighted by molar-refractivity contribution is 7.14. The Kier molecular flexibility index (Phi) is 4.64. The van der Waals surface area contributed by atoms with Gasteiger partial charge in [-0.3, -0.25) is 4.79 Å². The van der Waals surface area contributed by atoms with Gasteiger partial charge in [0.1, 0.15) is 17.0 Å². The van der Waals surface area contributed by atoms with E-state index in [2.05, 4.69) is 10.3 Å². The Morgan fingerprint density at radius 2 is 2.00 bits per heavy atom. The van der Waals surface area contributed by atoms with E-state index in [4.69, 9.17) is 9.15 Å². The lowest BCUT2D eigenvalue weighted by atomic mass is 10.1. The fraction of sp³-hybridized carbons (Fsp3) is 0.143. The van der Waals surface area contributed by atoms with Crippen molar-refractivity contribution in [1.82, 2.24) is 4.98 Å². The third-order valence-electron chi connectivity index (χ3n) is 4.22. The highest BCUT2D eigenvalue weighted by Crippen LogP contribution is 2.31.